The Hall–Kier alpha value is -1.46. The topological polar surface area (TPSA) is 24.9 Å². The van der Waals surface area contributed by atoms with Crippen LogP contribution in [0.15, 0.2) is 46.3 Å². The first-order chi connectivity index (χ1) is 9.10. The number of benzene rings is 1. The van der Waals surface area contributed by atoms with Gasteiger partial charge in [0.1, 0.15) is 11.6 Å². The summed E-state index contributed by atoms with van der Waals surface area (Å²) in [6.45, 7) is 2.01. The first kappa shape index (κ1) is 14.0. The molecule has 1 aromatic carbocycles. The fourth-order valence-corrected chi connectivity index (χ4v) is 2.33. The molecule has 0 aliphatic carbocycles. The van der Waals surface area contributed by atoms with Gasteiger partial charge < -0.3 is 5.32 Å². The zero-order valence-electron chi connectivity index (χ0n) is 10.7. The molecule has 0 bridgehead atoms. The van der Waals surface area contributed by atoms with Crippen LogP contribution in [0.25, 0.3) is 0 Å². The highest BCUT2D eigenvalue weighted by molar-refractivity contribution is 7.99. The Morgan fingerprint density at radius 3 is 2.58 bits per heavy atom. The van der Waals surface area contributed by atoms with E-state index >= 15 is 0 Å². The molecule has 0 spiro atoms. The molecule has 5 heteroatoms. The highest BCUT2D eigenvalue weighted by Crippen LogP contribution is 2.30. The second kappa shape index (κ2) is 6.12. The molecule has 0 saturated carbocycles. The van der Waals surface area contributed by atoms with Gasteiger partial charge in [0.2, 0.25) is 0 Å². The minimum Gasteiger partial charge on any atom is -0.312 e. The molecular formula is C14H14F2N2S. The average Bonchev–Trinajstić information content (AvgIpc) is 2.42. The quantitative estimate of drug-likeness (QED) is 0.922. The molecular weight excluding hydrogens is 266 g/mol. The van der Waals surface area contributed by atoms with Crippen LogP contribution >= 0.6 is 11.8 Å². The predicted octanol–water partition coefficient (Wildman–Crippen LogP) is 3.79. The van der Waals surface area contributed by atoms with Gasteiger partial charge >= 0.3 is 0 Å². The molecule has 1 unspecified atom stereocenters. The standard InChI is InChI=1S/C14H14F2N2S/c1-9(17-2)13-5-4-11(8-18-13)19-14-6-3-10(15)7-12(14)16/h3-9,17H,1-2H3. The van der Waals surface area contributed by atoms with Crippen molar-refractivity contribution in [1.29, 1.82) is 0 Å². The van der Waals surface area contributed by atoms with E-state index in [1.807, 2.05) is 26.1 Å². The van der Waals surface area contributed by atoms with Gasteiger partial charge in [-0.3, -0.25) is 4.98 Å². The van der Waals surface area contributed by atoms with Crippen LogP contribution < -0.4 is 5.32 Å². The normalized spacial score (nSPS) is 12.4. The summed E-state index contributed by atoms with van der Waals surface area (Å²) >= 11 is 1.23. The van der Waals surface area contributed by atoms with Crippen LogP contribution in [0, 0.1) is 11.6 Å². The summed E-state index contributed by atoms with van der Waals surface area (Å²) in [5, 5.41) is 3.09. The van der Waals surface area contributed by atoms with Crippen molar-refractivity contribution in [2.75, 3.05) is 7.05 Å². The molecule has 0 amide bonds. The second-order valence-corrected chi connectivity index (χ2v) is 5.22. The maximum absolute atomic E-state index is 13.5. The third-order valence-electron chi connectivity index (χ3n) is 2.76. The van der Waals surface area contributed by atoms with Gasteiger partial charge in [-0.2, -0.15) is 0 Å². The Morgan fingerprint density at radius 1 is 1.21 bits per heavy atom. The maximum atomic E-state index is 13.5. The fourth-order valence-electron chi connectivity index (χ4n) is 1.54. The van der Waals surface area contributed by atoms with Gasteiger partial charge in [0.05, 0.1) is 5.69 Å². The van der Waals surface area contributed by atoms with E-state index in [0.29, 0.717) is 4.90 Å². The zero-order valence-corrected chi connectivity index (χ0v) is 11.5. The van der Waals surface area contributed by atoms with E-state index in [0.717, 1.165) is 16.7 Å². The lowest BCUT2D eigenvalue weighted by Crippen LogP contribution is -2.13. The number of hydrogen-bond acceptors (Lipinski definition) is 3. The summed E-state index contributed by atoms with van der Waals surface area (Å²) in [6, 6.07) is 7.50. The minimum atomic E-state index is -0.571. The first-order valence-corrected chi connectivity index (χ1v) is 6.68. The van der Waals surface area contributed by atoms with Crippen molar-refractivity contribution in [3.8, 4) is 0 Å². The first-order valence-electron chi connectivity index (χ1n) is 5.86. The smallest absolute Gasteiger partial charge is 0.140 e. The fraction of sp³-hybridized carbons (Fsp3) is 0.214. The minimum absolute atomic E-state index is 0.168. The molecule has 0 radical (unpaired) electrons. The third-order valence-corrected chi connectivity index (χ3v) is 3.79. The second-order valence-electron chi connectivity index (χ2n) is 4.11. The molecule has 0 aliphatic heterocycles. The van der Waals surface area contributed by atoms with Crippen molar-refractivity contribution in [2.45, 2.75) is 22.8 Å². The lowest BCUT2D eigenvalue weighted by atomic mass is 10.2. The van der Waals surface area contributed by atoms with E-state index in [9.17, 15) is 8.78 Å². The number of hydrogen-bond donors (Lipinski definition) is 1. The molecule has 100 valence electrons. The number of rotatable bonds is 4. The Bertz CT molecular complexity index is 558. The monoisotopic (exact) mass is 280 g/mol. The molecule has 2 nitrogen and oxygen atoms in total. The van der Waals surface area contributed by atoms with E-state index < -0.39 is 11.6 Å². The maximum Gasteiger partial charge on any atom is 0.140 e. The van der Waals surface area contributed by atoms with Crippen molar-refractivity contribution < 1.29 is 8.78 Å². The zero-order chi connectivity index (χ0) is 13.8. The number of pyridine rings is 1. The van der Waals surface area contributed by atoms with E-state index in [2.05, 4.69) is 10.3 Å². The summed E-state index contributed by atoms with van der Waals surface area (Å²) in [4.78, 5) is 5.52. The molecule has 1 N–H and O–H groups in total. The van der Waals surface area contributed by atoms with Crippen LogP contribution in [0.2, 0.25) is 0 Å². The summed E-state index contributed by atoms with van der Waals surface area (Å²) < 4.78 is 26.3. The summed E-state index contributed by atoms with van der Waals surface area (Å²) in [7, 11) is 1.86. The lowest BCUT2D eigenvalue weighted by Gasteiger charge is -2.10. The van der Waals surface area contributed by atoms with Crippen LogP contribution in [0.3, 0.4) is 0 Å². The van der Waals surface area contributed by atoms with Crippen LogP contribution in [-0.2, 0) is 0 Å². The Balaban J connectivity index is 2.15. The van der Waals surface area contributed by atoms with E-state index in [1.165, 1.54) is 23.9 Å². The number of halogens is 2. The van der Waals surface area contributed by atoms with Crippen LogP contribution in [0.4, 0.5) is 8.78 Å². The molecule has 0 aliphatic rings. The van der Waals surface area contributed by atoms with Gasteiger partial charge in [-0.15, -0.1) is 0 Å². The van der Waals surface area contributed by atoms with Crippen molar-refractivity contribution >= 4 is 11.8 Å². The van der Waals surface area contributed by atoms with Gasteiger partial charge in [0, 0.05) is 28.1 Å². The molecule has 2 rings (SSSR count). The highest BCUT2D eigenvalue weighted by Gasteiger charge is 2.07. The number of aromatic nitrogens is 1. The lowest BCUT2D eigenvalue weighted by molar-refractivity contribution is 0.565. The van der Waals surface area contributed by atoms with Crippen molar-refractivity contribution in [3.63, 3.8) is 0 Å². The summed E-state index contributed by atoms with van der Waals surface area (Å²) in [5.41, 5.74) is 0.923. The molecule has 1 aromatic heterocycles. The van der Waals surface area contributed by atoms with Crippen molar-refractivity contribution in [2.24, 2.45) is 0 Å². The summed E-state index contributed by atoms with van der Waals surface area (Å²) in [6.07, 6.45) is 1.69. The highest BCUT2D eigenvalue weighted by atomic mass is 32.2. The Morgan fingerprint density at radius 2 is 2.00 bits per heavy atom. The Kier molecular flexibility index (Phi) is 4.50. The Labute approximate surface area is 115 Å². The van der Waals surface area contributed by atoms with E-state index in [-0.39, 0.29) is 6.04 Å². The van der Waals surface area contributed by atoms with E-state index in [1.54, 1.807) is 6.20 Å². The largest absolute Gasteiger partial charge is 0.312 e. The molecule has 2 aromatic rings. The molecule has 1 atom stereocenters. The van der Waals surface area contributed by atoms with E-state index in [4.69, 9.17) is 0 Å². The molecule has 1 heterocycles. The van der Waals surface area contributed by atoms with Crippen LogP contribution in [0.5, 0.6) is 0 Å². The SMILES string of the molecule is CNC(C)c1ccc(Sc2ccc(F)cc2F)cn1. The van der Waals surface area contributed by atoms with Gasteiger partial charge in [0.25, 0.3) is 0 Å². The predicted molar refractivity (Wildman–Crippen MR) is 72.2 cm³/mol. The van der Waals surface area contributed by atoms with Gasteiger partial charge in [-0.05, 0) is 38.2 Å². The number of nitrogens with one attached hydrogen (secondary N) is 1. The third kappa shape index (κ3) is 3.52. The van der Waals surface area contributed by atoms with Gasteiger partial charge in [-0.1, -0.05) is 11.8 Å². The molecule has 0 fully saturated rings. The van der Waals surface area contributed by atoms with Crippen LogP contribution in [-0.4, -0.2) is 12.0 Å². The van der Waals surface area contributed by atoms with Crippen molar-refractivity contribution in [1.82, 2.24) is 10.3 Å². The number of nitrogens with zero attached hydrogens (tertiary/aromatic N) is 1. The van der Waals surface area contributed by atoms with Gasteiger partial charge in [0.15, 0.2) is 0 Å². The van der Waals surface area contributed by atoms with Crippen molar-refractivity contribution in [3.05, 3.63) is 53.9 Å². The summed E-state index contributed by atoms with van der Waals surface area (Å²) in [5.74, 6) is -1.13. The molecule has 19 heavy (non-hydrogen) atoms. The average molecular weight is 280 g/mol. The molecule has 0 saturated heterocycles. The van der Waals surface area contributed by atoms with Gasteiger partial charge in [-0.25, -0.2) is 8.78 Å². The van der Waals surface area contributed by atoms with Crippen LogP contribution in [0.1, 0.15) is 18.7 Å².